The molecule has 2 amide bonds. The largest absolute Gasteiger partial charge is 0.481 e. The van der Waals surface area contributed by atoms with Crippen LogP contribution in [0.15, 0.2) is 0 Å². The molecule has 1 heterocycles. The molecule has 1 fully saturated rings. The van der Waals surface area contributed by atoms with Crippen LogP contribution in [-0.2, 0) is 4.79 Å². The average Bonchev–Trinajstić information content (AvgIpc) is 2.41. The Morgan fingerprint density at radius 2 is 2.11 bits per heavy atom. The number of rotatable bonds is 7. The second kappa shape index (κ2) is 8.77. The minimum absolute atomic E-state index is 0.0220. The Hall–Kier alpha value is -1.26. The third kappa shape index (κ3) is 5.94. The van der Waals surface area contributed by atoms with Gasteiger partial charge in [0.05, 0.1) is 0 Å². The molecule has 1 atom stereocenters. The van der Waals surface area contributed by atoms with Gasteiger partial charge < -0.3 is 15.3 Å². The van der Waals surface area contributed by atoms with Gasteiger partial charge in [-0.2, -0.15) is 0 Å². The minimum Gasteiger partial charge on any atom is -0.481 e. The van der Waals surface area contributed by atoms with Crippen molar-refractivity contribution < 1.29 is 14.7 Å². The van der Waals surface area contributed by atoms with Gasteiger partial charge in [0, 0.05) is 25.6 Å². The van der Waals surface area contributed by atoms with Gasteiger partial charge in [-0.3, -0.25) is 4.79 Å². The molecule has 0 bridgehead atoms. The molecule has 110 valence electrons. The summed E-state index contributed by atoms with van der Waals surface area (Å²) in [6, 6.07) is 0.0715. The van der Waals surface area contributed by atoms with Crippen molar-refractivity contribution in [2.45, 2.75) is 64.3 Å². The molecule has 5 nitrogen and oxygen atoms in total. The Morgan fingerprint density at radius 1 is 1.32 bits per heavy atom. The van der Waals surface area contributed by atoms with Crippen molar-refractivity contribution >= 4 is 12.0 Å². The predicted octanol–water partition coefficient (Wildman–Crippen LogP) is 2.61. The molecule has 1 saturated heterocycles. The van der Waals surface area contributed by atoms with E-state index in [4.69, 9.17) is 5.11 Å². The van der Waals surface area contributed by atoms with Gasteiger partial charge in [0.1, 0.15) is 0 Å². The van der Waals surface area contributed by atoms with Crippen molar-refractivity contribution in [3.8, 4) is 0 Å². The van der Waals surface area contributed by atoms with Crippen LogP contribution in [-0.4, -0.2) is 41.1 Å². The highest BCUT2D eigenvalue weighted by molar-refractivity contribution is 5.74. The first kappa shape index (κ1) is 15.8. The number of urea groups is 1. The van der Waals surface area contributed by atoms with Gasteiger partial charge in [0.2, 0.25) is 0 Å². The number of hydrogen-bond donors (Lipinski definition) is 2. The number of carbonyl (C=O) groups excluding carboxylic acids is 1. The Kier molecular flexibility index (Phi) is 7.30. The number of amides is 2. The molecule has 0 aromatic carbocycles. The molecule has 0 radical (unpaired) electrons. The number of unbranched alkanes of at least 4 members (excludes halogenated alkanes) is 2. The molecule has 2 N–H and O–H groups in total. The summed E-state index contributed by atoms with van der Waals surface area (Å²) in [4.78, 5) is 24.6. The molecule has 1 rings (SSSR count). The van der Waals surface area contributed by atoms with Gasteiger partial charge in [-0.25, -0.2) is 4.79 Å². The zero-order valence-electron chi connectivity index (χ0n) is 11.9. The number of nitrogens with one attached hydrogen (secondary N) is 1. The van der Waals surface area contributed by atoms with E-state index < -0.39 is 5.97 Å². The van der Waals surface area contributed by atoms with Crippen LogP contribution in [0.5, 0.6) is 0 Å². The van der Waals surface area contributed by atoms with Crippen molar-refractivity contribution in [3.05, 3.63) is 0 Å². The molecule has 0 aromatic rings. The first-order valence-electron chi connectivity index (χ1n) is 7.41. The number of nitrogens with zero attached hydrogens (tertiary/aromatic N) is 1. The summed E-state index contributed by atoms with van der Waals surface area (Å²) in [5, 5.41) is 11.7. The SMILES string of the molecule is CCCCCNC(=O)N1CCCCC1CCC(=O)O. The second-order valence-electron chi connectivity index (χ2n) is 5.21. The molecule has 1 unspecified atom stereocenters. The van der Waals surface area contributed by atoms with Gasteiger partial charge in [-0.15, -0.1) is 0 Å². The summed E-state index contributed by atoms with van der Waals surface area (Å²) in [5.74, 6) is -0.783. The van der Waals surface area contributed by atoms with Crippen molar-refractivity contribution in [1.82, 2.24) is 10.2 Å². The van der Waals surface area contributed by atoms with Gasteiger partial charge in [-0.1, -0.05) is 19.8 Å². The van der Waals surface area contributed by atoms with E-state index >= 15 is 0 Å². The molecule has 1 aliphatic rings. The van der Waals surface area contributed by atoms with Crippen LogP contribution in [0.4, 0.5) is 4.79 Å². The summed E-state index contributed by atoms with van der Waals surface area (Å²) in [5.41, 5.74) is 0. The van der Waals surface area contributed by atoms with E-state index in [-0.39, 0.29) is 18.5 Å². The molecule has 0 aromatic heterocycles. The molecule has 5 heteroatoms. The van der Waals surface area contributed by atoms with Crippen molar-refractivity contribution in [3.63, 3.8) is 0 Å². The number of aliphatic carboxylic acids is 1. The van der Waals surface area contributed by atoms with Gasteiger partial charge in [0.25, 0.3) is 0 Å². The molecule has 0 aliphatic carbocycles. The summed E-state index contributed by atoms with van der Waals surface area (Å²) in [7, 11) is 0. The molecule has 19 heavy (non-hydrogen) atoms. The first-order chi connectivity index (χ1) is 9.15. The maximum atomic E-state index is 12.1. The van der Waals surface area contributed by atoms with Gasteiger partial charge >= 0.3 is 12.0 Å². The molecular weight excluding hydrogens is 244 g/mol. The van der Waals surface area contributed by atoms with Crippen molar-refractivity contribution in [2.75, 3.05) is 13.1 Å². The first-order valence-corrected chi connectivity index (χ1v) is 7.41. The second-order valence-corrected chi connectivity index (χ2v) is 5.21. The van der Waals surface area contributed by atoms with Crippen LogP contribution in [0, 0.1) is 0 Å². The van der Waals surface area contributed by atoms with Crippen LogP contribution in [0.3, 0.4) is 0 Å². The minimum atomic E-state index is -0.783. The van der Waals surface area contributed by atoms with E-state index in [0.717, 1.165) is 51.6 Å². The lowest BCUT2D eigenvalue weighted by Gasteiger charge is -2.35. The lowest BCUT2D eigenvalue weighted by Crippen LogP contribution is -2.49. The fourth-order valence-corrected chi connectivity index (χ4v) is 2.53. The third-order valence-electron chi connectivity index (χ3n) is 3.64. The number of carboxylic acid groups (broad SMARTS) is 1. The zero-order valence-corrected chi connectivity index (χ0v) is 11.9. The number of hydrogen-bond acceptors (Lipinski definition) is 2. The number of carbonyl (C=O) groups is 2. The van der Waals surface area contributed by atoms with Crippen LogP contribution in [0.2, 0.25) is 0 Å². The average molecular weight is 270 g/mol. The normalized spacial score (nSPS) is 19.2. The third-order valence-corrected chi connectivity index (χ3v) is 3.64. The van der Waals surface area contributed by atoms with Crippen molar-refractivity contribution in [1.29, 1.82) is 0 Å². The topological polar surface area (TPSA) is 69.6 Å². The van der Waals surface area contributed by atoms with Gasteiger partial charge in [0.15, 0.2) is 0 Å². The molecule has 0 spiro atoms. The van der Waals surface area contributed by atoms with E-state index in [2.05, 4.69) is 12.2 Å². The molecular formula is C14H26N2O3. The van der Waals surface area contributed by atoms with Crippen LogP contribution in [0.25, 0.3) is 0 Å². The molecule has 1 aliphatic heterocycles. The fraction of sp³-hybridized carbons (Fsp3) is 0.857. The lowest BCUT2D eigenvalue weighted by atomic mass is 9.98. The monoisotopic (exact) mass is 270 g/mol. The van der Waals surface area contributed by atoms with E-state index in [1.807, 2.05) is 4.90 Å². The summed E-state index contributed by atoms with van der Waals surface area (Å²) in [6.45, 7) is 3.60. The van der Waals surface area contributed by atoms with Crippen molar-refractivity contribution in [2.24, 2.45) is 0 Å². The van der Waals surface area contributed by atoms with E-state index in [9.17, 15) is 9.59 Å². The number of likely N-dealkylation sites (tertiary alicyclic amines) is 1. The smallest absolute Gasteiger partial charge is 0.317 e. The Labute approximate surface area is 115 Å². The van der Waals surface area contributed by atoms with E-state index in [1.54, 1.807) is 0 Å². The fourth-order valence-electron chi connectivity index (χ4n) is 2.53. The number of carboxylic acids is 1. The summed E-state index contributed by atoms with van der Waals surface area (Å²) in [6.07, 6.45) is 7.02. The van der Waals surface area contributed by atoms with Gasteiger partial charge in [-0.05, 0) is 32.1 Å². The zero-order chi connectivity index (χ0) is 14.1. The van der Waals surface area contributed by atoms with E-state index in [1.165, 1.54) is 0 Å². The number of piperidine rings is 1. The maximum absolute atomic E-state index is 12.1. The Balaban J connectivity index is 2.37. The summed E-state index contributed by atoms with van der Waals surface area (Å²) >= 11 is 0. The predicted molar refractivity (Wildman–Crippen MR) is 74.1 cm³/mol. The lowest BCUT2D eigenvalue weighted by molar-refractivity contribution is -0.137. The summed E-state index contributed by atoms with van der Waals surface area (Å²) < 4.78 is 0. The standard InChI is InChI=1S/C14H26N2O3/c1-2-3-5-10-15-14(19)16-11-6-4-7-12(16)8-9-13(17)18/h12H,2-11H2,1H3,(H,15,19)(H,17,18). The molecule has 0 saturated carbocycles. The van der Waals surface area contributed by atoms with E-state index in [0.29, 0.717) is 6.42 Å². The Bertz CT molecular complexity index is 294. The van der Waals surface area contributed by atoms with Crippen LogP contribution < -0.4 is 5.32 Å². The van der Waals surface area contributed by atoms with Crippen LogP contribution in [0.1, 0.15) is 58.3 Å². The quantitative estimate of drug-likeness (QED) is 0.699. The maximum Gasteiger partial charge on any atom is 0.317 e. The van der Waals surface area contributed by atoms with Crippen LogP contribution >= 0.6 is 0 Å². The Morgan fingerprint density at radius 3 is 2.79 bits per heavy atom. The highest BCUT2D eigenvalue weighted by Gasteiger charge is 2.26. The highest BCUT2D eigenvalue weighted by atomic mass is 16.4. The highest BCUT2D eigenvalue weighted by Crippen LogP contribution is 2.20.